The van der Waals surface area contributed by atoms with E-state index in [9.17, 15) is 0 Å². The normalized spacial score (nSPS) is 19.1. The third kappa shape index (κ3) is 4.38. The molecule has 6 heteroatoms. The molecular weight excluding hydrogens is 360 g/mol. The predicted octanol–water partition coefficient (Wildman–Crippen LogP) is 4.02. The average molecular weight is 389 g/mol. The number of rotatable bonds is 6. The van der Waals surface area contributed by atoms with Gasteiger partial charge in [-0.15, -0.1) is 0 Å². The summed E-state index contributed by atoms with van der Waals surface area (Å²) in [6, 6.07) is 14.6. The van der Waals surface area contributed by atoms with Gasteiger partial charge in [0.25, 0.3) is 0 Å². The summed E-state index contributed by atoms with van der Waals surface area (Å²) in [4.78, 5) is 8.95. The Labute approximate surface area is 171 Å². The molecule has 1 saturated carbocycles. The van der Waals surface area contributed by atoms with Crippen LogP contribution in [0.2, 0.25) is 0 Å². The van der Waals surface area contributed by atoms with Gasteiger partial charge in [0, 0.05) is 31.4 Å². The van der Waals surface area contributed by atoms with E-state index in [0.717, 1.165) is 43.2 Å². The maximum atomic E-state index is 8.81. The Morgan fingerprint density at radius 3 is 2.62 bits per heavy atom. The highest BCUT2D eigenvalue weighted by Crippen LogP contribution is 2.25. The van der Waals surface area contributed by atoms with E-state index < -0.39 is 0 Å². The van der Waals surface area contributed by atoms with Crippen LogP contribution in [0.1, 0.15) is 36.8 Å². The van der Waals surface area contributed by atoms with Crippen LogP contribution in [0.3, 0.4) is 0 Å². The minimum absolute atomic E-state index is 0.345. The summed E-state index contributed by atoms with van der Waals surface area (Å²) in [5.41, 5.74) is 8.03. The van der Waals surface area contributed by atoms with Crippen molar-refractivity contribution in [3.05, 3.63) is 59.8 Å². The van der Waals surface area contributed by atoms with Gasteiger partial charge in [0.2, 0.25) is 5.95 Å². The first-order valence-corrected chi connectivity index (χ1v) is 10.3. The lowest BCUT2D eigenvalue weighted by Gasteiger charge is -2.26. The van der Waals surface area contributed by atoms with Gasteiger partial charge in [-0.3, -0.25) is 5.41 Å². The largest absolute Gasteiger partial charge is 0.369 e. The third-order valence-electron chi connectivity index (χ3n) is 5.77. The Morgan fingerprint density at radius 1 is 1.10 bits per heavy atom. The van der Waals surface area contributed by atoms with Crippen LogP contribution in [-0.4, -0.2) is 35.3 Å². The van der Waals surface area contributed by atoms with Crippen molar-refractivity contribution >= 4 is 28.3 Å². The quantitative estimate of drug-likeness (QED) is 0.478. The summed E-state index contributed by atoms with van der Waals surface area (Å²) >= 11 is 0. The fourth-order valence-electron chi connectivity index (χ4n) is 3.95. The lowest BCUT2D eigenvalue weighted by Crippen LogP contribution is -2.29. The molecule has 6 nitrogen and oxygen atoms in total. The Kier molecular flexibility index (Phi) is 5.71. The second kappa shape index (κ2) is 8.57. The van der Waals surface area contributed by atoms with Gasteiger partial charge >= 0.3 is 0 Å². The maximum Gasteiger partial charge on any atom is 0.224 e. The summed E-state index contributed by atoms with van der Waals surface area (Å²) in [6.45, 7) is 0.838. The van der Waals surface area contributed by atoms with Crippen LogP contribution in [-0.2, 0) is 0 Å². The number of anilines is 2. The molecule has 0 bridgehead atoms. The Hall–Kier alpha value is -2.99. The lowest BCUT2D eigenvalue weighted by molar-refractivity contribution is 0.338. The summed E-state index contributed by atoms with van der Waals surface area (Å²) in [5.74, 6) is 1.84. The van der Waals surface area contributed by atoms with E-state index in [4.69, 9.17) is 11.1 Å². The van der Waals surface area contributed by atoms with Crippen LogP contribution in [0.25, 0.3) is 10.8 Å². The molecule has 0 radical (unpaired) electrons. The monoisotopic (exact) mass is 388 g/mol. The number of aromatic nitrogens is 2. The summed E-state index contributed by atoms with van der Waals surface area (Å²) < 4.78 is 0. The first-order valence-electron chi connectivity index (χ1n) is 10.3. The van der Waals surface area contributed by atoms with E-state index in [1.165, 1.54) is 5.39 Å². The highest BCUT2D eigenvalue weighted by molar-refractivity contribution is 6.14. The van der Waals surface area contributed by atoms with Crippen molar-refractivity contribution in [1.82, 2.24) is 9.97 Å². The van der Waals surface area contributed by atoms with Crippen molar-refractivity contribution in [3.8, 4) is 0 Å². The molecule has 1 aliphatic carbocycles. The molecule has 0 amide bonds. The minimum Gasteiger partial charge on any atom is -0.369 e. The van der Waals surface area contributed by atoms with Crippen LogP contribution in [0.5, 0.6) is 0 Å². The highest BCUT2D eigenvalue weighted by Gasteiger charge is 2.20. The molecule has 5 N–H and O–H groups in total. The first kappa shape index (κ1) is 19.3. The van der Waals surface area contributed by atoms with Gasteiger partial charge in [-0.25, -0.2) is 4.98 Å². The molecule has 0 unspecified atom stereocenters. The van der Waals surface area contributed by atoms with Gasteiger partial charge in [0.15, 0.2) is 0 Å². The van der Waals surface area contributed by atoms with Crippen molar-refractivity contribution in [1.29, 1.82) is 5.41 Å². The van der Waals surface area contributed by atoms with Crippen LogP contribution in [0, 0.1) is 11.3 Å². The smallest absolute Gasteiger partial charge is 0.224 e. The standard InChI is InChI=1S/C23H28N6/c1-26-23-28-14-20(22(29-23)27-13-15-6-10-19(24)11-7-15)21(25)18-9-8-16-4-2-3-5-17(16)12-18/h2-5,8-9,12,14-15,19,25H,6-7,10-11,13,24H2,1H3,(H2,26,27,28,29). The number of hydrogen-bond donors (Lipinski definition) is 4. The number of fused-ring (bicyclic) bond motifs is 1. The molecule has 29 heavy (non-hydrogen) atoms. The zero-order valence-corrected chi connectivity index (χ0v) is 16.8. The Morgan fingerprint density at radius 2 is 1.86 bits per heavy atom. The molecule has 1 fully saturated rings. The van der Waals surface area contributed by atoms with Gasteiger partial charge in [0.05, 0.1) is 11.3 Å². The van der Waals surface area contributed by atoms with Crippen molar-refractivity contribution < 1.29 is 0 Å². The van der Waals surface area contributed by atoms with Gasteiger partial charge in [-0.2, -0.15) is 4.98 Å². The predicted molar refractivity (Wildman–Crippen MR) is 120 cm³/mol. The Balaban J connectivity index is 1.58. The molecule has 0 aliphatic heterocycles. The van der Waals surface area contributed by atoms with Crippen molar-refractivity contribution in [2.24, 2.45) is 11.7 Å². The van der Waals surface area contributed by atoms with Crippen LogP contribution in [0.15, 0.2) is 48.7 Å². The average Bonchev–Trinajstić information content (AvgIpc) is 2.77. The number of benzene rings is 2. The molecule has 0 atom stereocenters. The van der Waals surface area contributed by atoms with E-state index >= 15 is 0 Å². The van der Waals surface area contributed by atoms with Gasteiger partial charge in [-0.05, 0) is 48.4 Å². The molecule has 1 heterocycles. The SMILES string of the molecule is CNc1ncc(C(=N)c2ccc3ccccc3c2)c(NCC2CCC(N)CC2)n1. The minimum atomic E-state index is 0.345. The number of hydrogen-bond acceptors (Lipinski definition) is 6. The van der Waals surface area contributed by atoms with E-state index in [1.54, 1.807) is 13.2 Å². The summed E-state index contributed by atoms with van der Waals surface area (Å²) in [7, 11) is 1.80. The van der Waals surface area contributed by atoms with Gasteiger partial charge < -0.3 is 16.4 Å². The number of nitrogens with two attached hydrogens (primary N) is 1. The molecule has 0 saturated heterocycles. The fourth-order valence-corrected chi connectivity index (χ4v) is 3.95. The zero-order chi connectivity index (χ0) is 20.2. The first-order chi connectivity index (χ1) is 14.1. The number of nitrogens with zero attached hydrogens (tertiary/aromatic N) is 2. The molecule has 3 aromatic rings. The van der Waals surface area contributed by atoms with Crippen LogP contribution < -0.4 is 16.4 Å². The molecule has 0 spiro atoms. The van der Waals surface area contributed by atoms with Crippen molar-refractivity contribution in [3.63, 3.8) is 0 Å². The highest BCUT2D eigenvalue weighted by atomic mass is 15.1. The molecule has 1 aliphatic rings. The lowest BCUT2D eigenvalue weighted by atomic mass is 9.86. The van der Waals surface area contributed by atoms with E-state index in [-0.39, 0.29) is 0 Å². The van der Waals surface area contributed by atoms with E-state index in [1.807, 2.05) is 18.2 Å². The van der Waals surface area contributed by atoms with E-state index in [0.29, 0.717) is 35.0 Å². The van der Waals surface area contributed by atoms with Gasteiger partial charge in [-0.1, -0.05) is 36.4 Å². The fraction of sp³-hybridized carbons (Fsp3) is 0.348. The molecule has 1 aromatic heterocycles. The maximum absolute atomic E-state index is 8.81. The number of nitrogens with one attached hydrogen (secondary N) is 3. The van der Waals surface area contributed by atoms with Crippen LogP contribution in [0.4, 0.5) is 11.8 Å². The summed E-state index contributed by atoms with van der Waals surface area (Å²) in [6.07, 6.45) is 6.16. The van der Waals surface area contributed by atoms with Gasteiger partial charge in [0.1, 0.15) is 5.82 Å². The molecule has 150 valence electrons. The van der Waals surface area contributed by atoms with Crippen LogP contribution >= 0.6 is 0 Å². The van der Waals surface area contributed by atoms with Crippen molar-refractivity contribution in [2.45, 2.75) is 31.7 Å². The summed E-state index contributed by atoms with van der Waals surface area (Å²) in [5, 5.41) is 17.6. The second-order valence-electron chi connectivity index (χ2n) is 7.80. The second-order valence-corrected chi connectivity index (χ2v) is 7.80. The van der Waals surface area contributed by atoms with E-state index in [2.05, 4.69) is 44.9 Å². The van der Waals surface area contributed by atoms with Crippen molar-refractivity contribution in [2.75, 3.05) is 24.2 Å². The molecular formula is C23H28N6. The zero-order valence-electron chi connectivity index (χ0n) is 16.8. The third-order valence-corrected chi connectivity index (χ3v) is 5.77. The molecule has 4 rings (SSSR count). The molecule has 2 aromatic carbocycles. The Bertz CT molecular complexity index is 1010. The topological polar surface area (TPSA) is 99.7 Å².